The molecule has 2 bridgehead atoms. The van der Waals surface area contributed by atoms with E-state index in [-0.39, 0.29) is 52.2 Å². The number of thioether (sulfide) groups is 1. The van der Waals surface area contributed by atoms with E-state index in [0.29, 0.717) is 18.9 Å². The van der Waals surface area contributed by atoms with E-state index in [2.05, 4.69) is 16.0 Å². The fraction of sp³-hybridized carbons (Fsp3) is 0.600. The number of carbonyl (C=O) groups excluding carboxylic acids is 2. The Morgan fingerprint density at radius 3 is 2.90 bits per heavy atom. The molecule has 0 spiro atoms. The highest BCUT2D eigenvalue weighted by Gasteiger charge is 2.57. The first-order valence-corrected chi connectivity index (χ1v) is 11.4. The third kappa shape index (κ3) is 4.69. The zero-order chi connectivity index (χ0) is 21.3. The van der Waals surface area contributed by atoms with Gasteiger partial charge in [0, 0.05) is 30.5 Å². The summed E-state index contributed by atoms with van der Waals surface area (Å²) in [5, 5.41) is 9.63. The third-order valence-electron chi connectivity index (χ3n) is 5.97. The number of amides is 2. The Bertz CT molecular complexity index is 823. The maximum absolute atomic E-state index is 13.4. The van der Waals surface area contributed by atoms with Gasteiger partial charge in [-0.05, 0) is 37.3 Å². The van der Waals surface area contributed by atoms with Crippen molar-refractivity contribution < 1.29 is 23.5 Å². The molecule has 4 fully saturated rings. The first-order valence-electron chi connectivity index (χ1n) is 9.93. The van der Waals surface area contributed by atoms with Crippen molar-refractivity contribution in [1.82, 2.24) is 16.0 Å². The van der Waals surface area contributed by atoms with Crippen molar-refractivity contribution in [3.05, 3.63) is 29.0 Å². The molecule has 7 nitrogen and oxygen atoms in total. The van der Waals surface area contributed by atoms with Crippen molar-refractivity contribution in [3.63, 3.8) is 0 Å². The Balaban J connectivity index is 1.22. The fourth-order valence-electron chi connectivity index (χ4n) is 4.55. The molecule has 1 aromatic rings. The largest absolute Gasteiger partial charge is 0.484 e. The average Bonchev–Trinajstić information content (AvgIpc) is 3.36. The molecule has 3 aliphatic carbocycles. The SMILES string of the molecule is COCC1NC(C(=O)NC23CC(C2)C(NC(=O)COc2ccc(Cl)c(F)c2)C3)CS1. The lowest BCUT2D eigenvalue weighted by Gasteiger charge is -2.39. The number of fused-ring (bicyclic) bond motifs is 1. The van der Waals surface area contributed by atoms with E-state index in [1.807, 2.05) is 0 Å². The van der Waals surface area contributed by atoms with E-state index in [1.54, 1.807) is 18.9 Å². The van der Waals surface area contributed by atoms with Crippen LogP contribution in [0.4, 0.5) is 4.39 Å². The summed E-state index contributed by atoms with van der Waals surface area (Å²) in [7, 11) is 1.65. The van der Waals surface area contributed by atoms with Crippen LogP contribution in [0.5, 0.6) is 5.75 Å². The van der Waals surface area contributed by atoms with Crippen LogP contribution >= 0.6 is 23.4 Å². The van der Waals surface area contributed by atoms with Gasteiger partial charge in [-0.1, -0.05) is 11.6 Å². The number of rotatable bonds is 8. The van der Waals surface area contributed by atoms with E-state index < -0.39 is 5.82 Å². The Kier molecular flexibility index (Phi) is 6.43. The molecule has 10 heteroatoms. The summed E-state index contributed by atoms with van der Waals surface area (Å²) in [4.78, 5) is 24.9. The van der Waals surface area contributed by atoms with Crippen LogP contribution < -0.4 is 20.7 Å². The van der Waals surface area contributed by atoms with Crippen LogP contribution in [0.1, 0.15) is 19.3 Å². The molecule has 3 unspecified atom stereocenters. The smallest absolute Gasteiger partial charge is 0.258 e. The van der Waals surface area contributed by atoms with Crippen LogP contribution in [-0.2, 0) is 14.3 Å². The Hall–Kier alpha value is -1.55. The molecule has 164 valence electrons. The molecule has 3 N–H and O–H groups in total. The normalized spacial score (nSPS) is 31.8. The molecule has 4 aliphatic rings. The molecular formula is C20H25ClFN3O4S. The fourth-order valence-corrected chi connectivity index (χ4v) is 5.83. The summed E-state index contributed by atoms with van der Waals surface area (Å²) in [6.07, 6.45) is 2.45. The average molecular weight is 458 g/mol. The summed E-state index contributed by atoms with van der Waals surface area (Å²) in [6, 6.07) is 3.85. The highest BCUT2D eigenvalue weighted by molar-refractivity contribution is 8.00. The van der Waals surface area contributed by atoms with Crippen LogP contribution in [0.15, 0.2) is 18.2 Å². The molecule has 1 aliphatic heterocycles. The Labute approximate surface area is 183 Å². The second kappa shape index (κ2) is 8.90. The van der Waals surface area contributed by atoms with Crippen LogP contribution in [0.25, 0.3) is 0 Å². The Morgan fingerprint density at radius 2 is 2.17 bits per heavy atom. The molecular weight excluding hydrogens is 433 g/mol. The molecule has 1 saturated heterocycles. The summed E-state index contributed by atoms with van der Waals surface area (Å²) in [5.41, 5.74) is -0.231. The van der Waals surface area contributed by atoms with E-state index in [1.165, 1.54) is 12.1 Å². The lowest BCUT2D eigenvalue weighted by Crippen LogP contribution is -2.57. The van der Waals surface area contributed by atoms with Gasteiger partial charge in [-0.25, -0.2) is 4.39 Å². The molecule has 3 saturated carbocycles. The molecule has 0 radical (unpaired) electrons. The predicted molar refractivity (Wildman–Crippen MR) is 112 cm³/mol. The van der Waals surface area contributed by atoms with Gasteiger partial charge in [0.2, 0.25) is 5.91 Å². The monoisotopic (exact) mass is 457 g/mol. The predicted octanol–water partition coefficient (Wildman–Crippen LogP) is 1.69. The highest BCUT2D eigenvalue weighted by atomic mass is 35.5. The van der Waals surface area contributed by atoms with Gasteiger partial charge in [0.1, 0.15) is 11.6 Å². The van der Waals surface area contributed by atoms with E-state index in [0.717, 1.165) is 24.7 Å². The van der Waals surface area contributed by atoms with Gasteiger partial charge >= 0.3 is 0 Å². The molecule has 5 rings (SSSR count). The first kappa shape index (κ1) is 21.7. The molecule has 1 aromatic carbocycles. The minimum Gasteiger partial charge on any atom is -0.484 e. The zero-order valence-electron chi connectivity index (χ0n) is 16.6. The van der Waals surface area contributed by atoms with Gasteiger partial charge in [0.15, 0.2) is 6.61 Å². The van der Waals surface area contributed by atoms with Crippen molar-refractivity contribution in [2.24, 2.45) is 5.92 Å². The van der Waals surface area contributed by atoms with Gasteiger partial charge in [0.05, 0.1) is 23.0 Å². The Morgan fingerprint density at radius 1 is 1.37 bits per heavy atom. The van der Waals surface area contributed by atoms with Gasteiger partial charge in [0.25, 0.3) is 5.91 Å². The number of ether oxygens (including phenoxy) is 2. The minimum absolute atomic E-state index is 0.00509. The number of benzene rings is 1. The number of hydrogen-bond donors (Lipinski definition) is 3. The summed E-state index contributed by atoms with van der Waals surface area (Å²) in [5.74, 6) is 0.491. The standard InChI is InChI=1S/C20H25ClFN3O4S/c1-28-9-18-24-16(10-30-18)19(27)25-20-5-11(6-20)15(7-20)23-17(26)8-29-12-2-3-13(21)14(22)4-12/h2-4,11,15-16,18,24H,5-10H2,1H3,(H,23,26)(H,25,27). The van der Waals surface area contributed by atoms with Crippen molar-refractivity contribution in [2.45, 2.75) is 42.3 Å². The maximum Gasteiger partial charge on any atom is 0.258 e. The van der Waals surface area contributed by atoms with Gasteiger partial charge in [-0.2, -0.15) is 0 Å². The van der Waals surface area contributed by atoms with Crippen LogP contribution in [0.2, 0.25) is 5.02 Å². The number of nitrogens with one attached hydrogen (secondary N) is 3. The van der Waals surface area contributed by atoms with Crippen molar-refractivity contribution >= 4 is 35.2 Å². The maximum atomic E-state index is 13.4. The summed E-state index contributed by atoms with van der Waals surface area (Å²) in [6.45, 7) is 0.369. The van der Waals surface area contributed by atoms with Crippen LogP contribution in [0, 0.1) is 11.7 Å². The third-order valence-corrected chi connectivity index (χ3v) is 7.47. The number of methoxy groups -OCH3 is 1. The van der Waals surface area contributed by atoms with Gasteiger partial charge in [-0.15, -0.1) is 11.8 Å². The lowest BCUT2D eigenvalue weighted by atomic mass is 9.76. The van der Waals surface area contributed by atoms with Crippen molar-refractivity contribution in [1.29, 1.82) is 0 Å². The second-order valence-corrected chi connectivity index (χ2v) is 9.82. The van der Waals surface area contributed by atoms with Crippen LogP contribution in [-0.4, -0.2) is 60.9 Å². The zero-order valence-corrected chi connectivity index (χ0v) is 18.2. The first-order chi connectivity index (χ1) is 14.4. The number of halogens is 2. The van der Waals surface area contributed by atoms with Crippen LogP contribution in [0.3, 0.4) is 0 Å². The quantitative estimate of drug-likeness (QED) is 0.550. The lowest BCUT2D eigenvalue weighted by molar-refractivity contribution is -0.125. The molecule has 30 heavy (non-hydrogen) atoms. The van der Waals surface area contributed by atoms with E-state index in [9.17, 15) is 14.0 Å². The minimum atomic E-state index is -0.590. The van der Waals surface area contributed by atoms with Gasteiger partial charge in [-0.3, -0.25) is 14.9 Å². The molecule has 2 amide bonds. The van der Waals surface area contributed by atoms with Gasteiger partial charge < -0.3 is 20.1 Å². The van der Waals surface area contributed by atoms with E-state index >= 15 is 0 Å². The van der Waals surface area contributed by atoms with Crippen molar-refractivity contribution in [3.8, 4) is 5.75 Å². The molecule has 0 aromatic heterocycles. The number of hydrogen-bond acceptors (Lipinski definition) is 6. The number of carbonyl (C=O) groups is 2. The summed E-state index contributed by atoms with van der Waals surface area (Å²) < 4.78 is 23.9. The second-order valence-electron chi connectivity index (χ2n) is 8.18. The topological polar surface area (TPSA) is 88.7 Å². The molecule has 3 atom stereocenters. The van der Waals surface area contributed by atoms with E-state index in [4.69, 9.17) is 21.1 Å². The molecule has 1 heterocycles. The van der Waals surface area contributed by atoms with Crippen molar-refractivity contribution in [2.75, 3.05) is 26.1 Å². The summed E-state index contributed by atoms with van der Waals surface area (Å²) >= 11 is 7.33. The highest BCUT2D eigenvalue weighted by Crippen LogP contribution is 2.52.